The summed E-state index contributed by atoms with van der Waals surface area (Å²) in [5.74, 6) is -0.247. The molecule has 0 atom stereocenters. The van der Waals surface area contributed by atoms with E-state index in [0.29, 0.717) is 34.2 Å². The van der Waals surface area contributed by atoms with E-state index in [0.717, 1.165) is 5.56 Å². The van der Waals surface area contributed by atoms with Crippen LogP contribution in [-0.4, -0.2) is 27.9 Å². The van der Waals surface area contributed by atoms with Crippen molar-refractivity contribution in [3.63, 3.8) is 0 Å². The van der Waals surface area contributed by atoms with E-state index >= 15 is 0 Å². The summed E-state index contributed by atoms with van der Waals surface area (Å²) in [5, 5.41) is 1.41. The van der Waals surface area contributed by atoms with E-state index in [1.807, 2.05) is 30.3 Å². The van der Waals surface area contributed by atoms with Gasteiger partial charge in [-0.2, -0.15) is 0 Å². The number of esters is 1. The Bertz CT molecular complexity index is 989. The fourth-order valence-corrected chi connectivity index (χ4v) is 3.48. The Morgan fingerprint density at radius 3 is 2.73 bits per heavy atom. The third-order valence-corrected chi connectivity index (χ3v) is 4.87. The van der Waals surface area contributed by atoms with Crippen LogP contribution in [-0.2, 0) is 16.1 Å². The SMILES string of the molecule is CCOC(=O)CSc1nc2ccc(Cl)cc2c(=O)n1Cc1ccccc1. The molecule has 0 aliphatic rings. The van der Waals surface area contributed by atoms with Gasteiger partial charge in [-0.05, 0) is 30.7 Å². The zero-order chi connectivity index (χ0) is 18.5. The molecule has 3 rings (SSSR count). The zero-order valence-electron chi connectivity index (χ0n) is 14.1. The predicted molar refractivity (Wildman–Crippen MR) is 104 cm³/mol. The van der Waals surface area contributed by atoms with Gasteiger partial charge < -0.3 is 4.74 Å². The van der Waals surface area contributed by atoms with Crippen molar-refractivity contribution in [2.45, 2.75) is 18.6 Å². The van der Waals surface area contributed by atoms with Gasteiger partial charge in [-0.15, -0.1) is 0 Å². The van der Waals surface area contributed by atoms with Crippen LogP contribution in [0.2, 0.25) is 5.02 Å². The van der Waals surface area contributed by atoms with E-state index in [1.165, 1.54) is 11.8 Å². The van der Waals surface area contributed by atoms with E-state index in [1.54, 1.807) is 29.7 Å². The number of ether oxygens (including phenoxy) is 1. The summed E-state index contributed by atoms with van der Waals surface area (Å²) in [6, 6.07) is 14.6. The molecule has 5 nitrogen and oxygen atoms in total. The number of halogens is 1. The Balaban J connectivity index is 2.05. The van der Waals surface area contributed by atoms with Crippen LogP contribution in [0, 0.1) is 0 Å². The fourth-order valence-electron chi connectivity index (χ4n) is 2.51. The molecule has 0 aliphatic carbocycles. The lowest BCUT2D eigenvalue weighted by Gasteiger charge is -2.13. The van der Waals surface area contributed by atoms with Crippen molar-refractivity contribution in [3.8, 4) is 0 Å². The highest BCUT2D eigenvalue weighted by molar-refractivity contribution is 7.99. The molecule has 134 valence electrons. The van der Waals surface area contributed by atoms with Crippen molar-refractivity contribution >= 4 is 40.2 Å². The minimum Gasteiger partial charge on any atom is -0.465 e. The molecule has 1 aromatic heterocycles. The highest BCUT2D eigenvalue weighted by Crippen LogP contribution is 2.21. The van der Waals surface area contributed by atoms with E-state index in [-0.39, 0.29) is 17.3 Å². The molecule has 2 aromatic carbocycles. The van der Waals surface area contributed by atoms with Crippen LogP contribution in [0.5, 0.6) is 0 Å². The van der Waals surface area contributed by atoms with Crippen molar-refractivity contribution in [3.05, 3.63) is 69.5 Å². The molecule has 0 bridgehead atoms. The molecule has 0 saturated carbocycles. The molecular weight excluding hydrogens is 372 g/mol. The second-order valence-corrected chi connectivity index (χ2v) is 6.91. The molecule has 7 heteroatoms. The van der Waals surface area contributed by atoms with Gasteiger partial charge in [0.2, 0.25) is 0 Å². The van der Waals surface area contributed by atoms with Crippen LogP contribution in [0.3, 0.4) is 0 Å². The Labute approximate surface area is 160 Å². The molecule has 26 heavy (non-hydrogen) atoms. The molecule has 0 saturated heterocycles. The van der Waals surface area contributed by atoms with Crippen LogP contribution >= 0.6 is 23.4 Å². The second kappa shape index (κ2) is 8.38. The van der Waals surface area contributed by atoms with Gasteiger partial charge in [0, 0.05) is 5.02 Å². The number of fused-ring (bicyclic) bond motifs is 1. The summed E-state index contributed by atoms with van der Waals surface area (Å²) in [6.07, 6.45) is 0. The summed E-state index contributed by atoms with van der Waals surface area (Å²) in [4.78, 5) is 29.3. The fraction of sp³-hybridized carbons (Fsp3) is 0.211. The summed E-state index contributed by atoms with van der Waals surface area (Å²) < 4.78 is 6.53. The van der Waals surface area contributed by atoms with Crippen molar-refractivity contribution in [2.75, 3.05) is 12.4 Å². The maximum Gasteiger partial charge on any atom is 0.316 e. The predicted octanol–water partition coefficient (Wildman–Crippen LogP) is 3.75. The first kappa shape index (κ1) is 18.5. The average molecular weight is 389 g/mol. The smallest absolute Gasteiger partial charge is 0.316 e. The number of rotatable bonds is 6. The maximum absolute atomic E-state index is 13.0. The number of aromatic nitrogens is 2. The topological polar surface area (TPSA) is 61.2 Å². The lowest BCUT2D eigenvalue weighted by Crippen LogP contribution is -2.24. The Morgan fingerprint density at radius 2 is 2.00 bits per heavy atom. The summed E-state index contributed by atoms with van der Waals surface area (Å²) in [7, 11) is 0. The molecule has 0 aliphatic heterocycles. The number of benzene rings is 2. The Morgan fingerprint density at radius 1 is 1.23 bits per heavy atom. The highest BCUT2D eigenvalue weighted by atomic mass is 35.5. The van der Waals surface area contributed by atoms with Crippen LogP contribution < -0.4 is 5.56 Å². The number of carbonyl (C=O) groups excluding carboxylic acids is 1. The molecule has 0 fully saturated rings. The maximum atomic E-state index is 13.0. The minimum atomic E-state index is -0.339. The van der Waals surface area contributed by atoms with E-state index in [4.69, 9.17) is 16.3 Å². The summed E-state index contributed by atoms with van der Waals surface area (Å²) >= 11 is 7.23. The van der Waals surface area contributed by atoms with E-state index in [2.05, 4.69) is 4.98 Å². The monoisotopic (exact) mass is 388 g/mol. The first-order valence-corrected chi connectivity index (χ1v) is 9.47. The first-order chi connectivity index (χ1) is 12.6. The molecule has 0 amide bonds. The van der Waals surface area contributed by atoms with Crippen molar-refractivity contribution in [1.82, 2.24) is 9.55 Å². The van der Waals surface area contributed by atoms with Gasteiger partial charge in [0.15, 0.2) is 5.16 Å². The van der Waals surface area contributed by atoms with Gasteiger partial charge >= 0.3 is 5.97 Å². The number of hydrogen-bond donors (Lipinski definition) is 0. The largest absolute Gasteiger partial charge is 0.465 e. The molecule has 0 N–H and O–H groups in total. The van der Waals surface area contributed by atoms with Gasteiger partial charge in [0.1, 0.15) is 0 Å². The quantitative estimate of drug-likeness (QED) is 0.365. The molecule has 0 radical (unpaired) electrons. The van der Waals surface area contributed by atoms with Gasteiger partial charge in [-0.1, -0.05) is 53.7 Å². The number of nitrogens with zero attached hydrogens (tertiary/aromatic N) is 2. The summed E-state index contributed by atoms with van der Waals surface area (Å²) in [5.41, 5.74) is 1.33. The Kier molecular flexibility index (Phi) is 5.96. The third kappa shape index (κ3) is 4.26. The van der Waals surface area contributed by atoms with E-state index in [9.17, 15) is 9.59 Å². The van der Waals surface area contributed by atoms with Gasteiger partial charge in [0.05, 0.1) is 29.8 Å². The second-order valence-electron chi connectivity index (χ2n) is 5.53. The molecule has 0 unspecified atom stereocenters. The Hall–Kier alpha value is -2.31. The van der Waals surface area contributed by atoms with Gasteiger partial charge in [-0.3, -0.25) is 14.2 Å². The lowest BCUT2D eigenvalue weighted by molar-refractivity contribution is -0.139. The molecule has 0 spiro atoms. The van der Waals surface area contributed by atoms with Crippen molar-refractivity contribution in [1.29, 1.82) is 0 Å². The molecule has 1 heterocycles. The number of carbonyl (C=O) groups is 1. The summed E-state index contributed by atoms with van der Waals surface area (Å²) in [6.45, 7) is 2.44. The lowest BCUT2D eigenvalue weighted by atomic mass is 10.2. The van der Waals surface area contributed by atoms with Crippen LogP contribution in [0.15, 0.2) is 58.5 Å². The molecular formula is C19H17ClN2O3S. The van der Waals surface area contributed by atoms with Crippen LogP contribution in [0.1, 0.15) is 12.5 Å². The standard InChI is InChI=1S/C19H17ClN2O3S/c1-2-25-17(23)12-26-19-21-16-9-8-14(20)10-15(16)18(24)22(19)11-13-6-4-3-5-7-13/h3-10H,2,11-12H2,1H3. The third-order valence-electron chi connectivity index (χ3n) is 3.69. The molecule has 3 aromatic rings. The normalized spacial score (nSPS) is 10.8. The first-order valence-electron chi connectivity index (χ1n) is 8.11. The van der Waals surface area contributed by atoms with Gasteiger partial charge in [-0.25, -0.2) is 4.98 Å². The highest BCUT2D eigenvalue weighted by Gasteiger charge is 2.14. The number of hydrogen-bond acceptors (Lipinski definition) is 5. The minimum absolute atomic E-state index is 0.0914. The average Bonchev–Trinajstić information content (AvgIpc) is 2.64. The van der Waals surface area contributed by atoms with E-state index < -0.39 is 0 Å². The van der Waals surface area contributed by atoms with Crippen LogP contribution in [0.25, 0.3) is 10.9 Å². The van der Waals surface area contributed by atoms with Gasteiger partial charge in [0.25, 0.3) is 5.56 Å². The number of thioether (sulfide) groups is 1. The zero-order valence-corrected chi connectivity index (χ0v) is 15.7. The van der Waals surface area contributed by atoms with Crippen molar-refractivity contribution < 1.29 is 9.53 Å². The van der Waals surface area contributed by atoms with Crippen molar-refractivity contribution in [2.24, 2.45) is 0 Å². The van der Waals surface area contributed by atoms with Crippen LogP contribution in [0.4, 0.5) is 0 Å².